The van der Waals surface area contributed by atoms with Crippen molar-refractivity contribution in [2.24, 2.45) is 5.92 Å². The summed E-state index contributed by atoms with van der Waals surface area (Å²) < 4.78 is 0. The minimum absolute atomic E-state index is 0.0545. The van der Waals surface area contributed by atoms with E-state index < -0.39 is 0 Å². The molecule has 0 spiro atoms. The van der Waals surface area contributed by atoms with Gasteiger partial charge >= 0.3 is 0 Å². The van der Waals surface area contributed by atoms with Gasteiger partial charge < -0.3 is 16.0 Å². The number of carbonyl (C=O) groups is 1. The first-order valence-electron chi connectivity index (χ1n) is 6.54. The summed E-state index contributed by atoms with van der Waals surface area (Å²) in [5, 5.41) is 11.9. The molecule has 3 rings (SSSR count). The highest BCUT2D eigenvalue weighted by Crippen LogP contribution is 2.34. The lowest BCUT2D eigenvalue weighted by Gasteiger charge is -2.38. The zero-order valence-corrected chi connectivity index (χ0v) is 10.6. The molecule has 1 aromatic rings. The van der Waals surface area contributed by atoms with Gasteiger partial charge in [0.25, 0.3) is 0 Å². The number of nitrogen functional groups attached to an aromatic ring is 1. The molecule has 0 saturated carbocycles. The zero-order chi connectivity index (χ0) is 13.4. The molecule has 2 saturated heterocycles. The molecule has 0 bridgehead atoms. The molecular formula is C14H16N4O. The quantitative estimate of drug-likeness (QED) is 0.730. The summed E-state index contributed by atoms with van der Waals surface area (Å²) in [6.07, 6.45) is 1.91. The largest absolute Gasteiger partial charge is 0.397 e. The summed E-state index contributed by atoms with van der Waals surface area (Å²) in [4.78, 5) is 14.0. The maximum atomic E-state index is 11.8. The Morgan fingerprint density at radius 1 is 1.47 bits per heavy atom. The molecule has 19 heavy (non-hydrogen) atoms. The van der Waals surface area contributed by atoms with Crippen molar-refractivity contribution in [3.63, 3.8) is 0 Å². The zero-order valence-electron chi connectivity index (χ0n) is 10.6. The molecule has 1 amide bonds. The molecule has 2 heterocycles. The Morgan fingerprint density at radius 3 is 3.11 bits per heavy atom. The number of amides is 1. The van der Waals surface area contributed by atoms with Crippen LogP contribution in [0.5, 0.6) is 0 Å². The highest BCUT2D eigenvalue weighted by molar-refractivity contribution is 5.84. The molecular weight excluding hydrogens is 240 g/mol. The number of benzene rings is 1. The minimum Gasteiger partial charge on any atom is -0.397 e. The first kappa shape index (κ1) is 11.8. The molecule has 98 valence electrons. The average Bonchev–Trinajstić information content (AvgIpc) is 2.81. The van der Waals surface area contributed by atoms with E-state index in [9.17, 15) is 4.79 Å². The fourth-order valence-corrected chi connectivity index (χ4v) is 3.11. The average molecular weight is 256 g/mol. The molecule has 0 aliphatic carbocycles. The summed E-state index contributed by atoms with van der Waals surface area (Å²) in [5.41, 5.74) is 8.18. The van der Waals surface area contributed by atoms with Crippen LogP contribution in [0.15, 0.2) is 18.2 Å². The van der Waals surface area contributed by atoms with Crippen LogP contribution in [0.2, 0.25) is 0 Å². The van der Waals surface area contributed by atoms with E-state index in [2.05, 4.69) is 16.3 Å². The Morgan fingerprint density at radius 2 is 2.32 bits per heavy atom. The van der Waals surface area contributed by atoms with Crippen LogP contribution >= 0.6 is 0 Å². The lowest BCUT2D eigenvalue weighted by molar-refractivity contribution is -0.122. The second kappa shape index (κ2) is 4.47. The van der Waals surface area contributed by atoms with Crippen molar-refractivity contribution in [2.45, 2.75) is 18.9 Å². The van der Waals surface area contributed by atoms with E-state index in [4.69, 9.17) is 11.0 Å². The Kier molecular flexibility index (Phi) is 2.79. The highest BCUT2D eigenvalue weighted by atomic mass is 16.2. The lowest BCUT2D eigenvalue weighted by Crippen LogP contribution is -2.46. The fourth-order valence-electron chi connectivity index (χ4n) is 3.11. The van der Waals surface area contributed by atoms with E-state index in [1.165, 1.54) is 0 Å². The molecule has 0 radical (unpaired) electrons. The number of hydrogen-bond donors (Lipinski definition) is 2. The van der Waals surface area contributed by atoms with E-state index in [1.54, 1.807) is 12.1 Å². The van der Waals surface area contributed by atoms with Crippen LogP contribution < -0.4 is 16.0 Å². The topological polar surface area (TPSA) is 82.2 Å². The Bertz CT molecular complexity index is 563. The number of rotatable bonds is 1. The van der Waals surface area contributed by atoms with Gasteiger partial charge in [0.05, 0.1) is 35.0 Å². The van der Waals surface area contributed by atoms with Crippen molar-refractivity contribution in [1.29, 1.82) is 5.26 Å². The Balaban J connectivity index is 1.97. The van der Waals surface area contributed by atoms with Crippen LogP contribution in [-0.4, -0.2) is 25.0 Å². The van der Waals surface area contributed by atoms with Crippen LogP contribution in [0.1, 0.15) is 18.4 Å². The van der Waals surface area contributed by atoms with Crippen molar-refractivity contribution < 1.29 is 4.79 Å². The summed E-state index contributed by atoms with van der Waals surface area (Å²) in [5.74, 6) is 0.198. The number of hydrogen-bond acceptors (Lipinski definition) is 4. The normalized spacial score (nSPS) is 25.6. The predicted molar refractivity (Wildman–Crippen MR) is 72.4 cm³/mol. The number of nitrogens with zero attached hydrogens (tertiary/aromatic N) is 2. The van der Waals surface area contributed by atoms with Gasteiger partial charge in [0.1, 0.15) is 0 Å². The van der Waals surface area contributed by atoms with Crippen LogP contribution in [0.4, 0.5) is 11.4 Å². The predicted octanol–water partition coefficient (Wildman–Crippen LogP) is 0.855. The van der Waals surface area contributed by atoms with Crippen molar-refractivity contribution in [3.8, 4) is 6.07 Å². The Labute approximate surface area is 112 Å². The SMILES string of the molecule is N#Cc1ccc(N)c(N2CCCC3C(=O)NCC32)c1. The second-order valence-electron chi connectivity index (χ2n) is 5.14. The summed E-state index contributed by atoms with van der Waals surface area (Å²) in [6.45, 7) is 1.55. The van der Waals surface area contributed by atoms with E-state index in [0.29, 0.717) is 17.8 Å². The minimum atomic E-state index is 0.0545. The van der Waals surface area contributed by atoms with E-state index in [-0.39, 0.29) is 17.9 Å². The van der Waals surface area contributed by atoms with Gasteiger partial charge in [-0.25, -0.2) is 0 Å². The fraction of sp³-hybridized carbons (Fsp3) is 0.429. The third-order valence-electron chi connectivity index (χ3n) is 4.07. The van der Waals surface area contributed by atoms with Gasteiger partial charge in [0.2, 0.25) is 5.91 Å². The number of anilines is 2. The van der Waals surface area contributed by atoms with E-state index in [1.807, 2.05) is 6.07 Å². The monoisotopic (exact) mass is 256 g/mol. The van der Waals surface area contributed by atoms with Gasteiger partial charge in [-0.15, -0.1) is 0 Å². The van der Waals surface area contributed by atoms with Crippen LogP contribution in [0.3, 0.4) is 0 Å². The van der Waals surface area contributed by atoms with Gasteiger partial charge in [-0.3, -0.25) is 4.79 Å². The number of nitrogens with two attached hydrogens (primary N) is 1. The molecule has 5 heteroatoms. The van der Waals surface area contributed by atoms with Gasteiger partial charge in [0, 0.05) is 13.1 Å². The van der Waals surface area contributed by atoms with E-state index >= 15 is 0 Å². The molecule has 2 aliphatic heterocycles. The standard InChI is InChI=1S/C14H16N4O/c15-7-9-3-4-11(16)12(6-9)18-5-1-2-10-13(18)8-17-14(10)19/h3-4,6,10,13H,1-2,5,8,16H2,(H,17,19). The maximum absolute atomic E-state index is 11.8. The molecule has 2 fully saturated rings. The van der Waals surface area contributed by atoms with Crippen molar-refractivity contribution in [3.05, 3.63) is 23.8 Å². The summed E-state index contributed by atoms with van der Waals surface area (Å²) in [6, 6.07) is 7.61. The van der Waals surface area contributed by atoms with Gasteiger partial charge in [-0.2, -0.15) is 5.26 Å². The summed E-state index contributed by atoms with van der Waals surface area (Å²) >= 11 is 0. The maximum Gasteiger partial charge on any atom is 0.225 e. The van der Waals surface area contributed by atoms with Gasteiger partial charge in [-0.05, 0) is 31.0 Å². The molecule has 2 aliphatic rings. The number of nitriles is 1. The number of nitrogens with one attached hydrogen (secondary N) is 1. The lowest BCUT2D eigenvalue weighted by atomic mass is 9.90. The van der Waals surface area contributed by atoms with Crippen molar-refractivity contribution >= 4 is 17.3 Å². The number of fused-ring (bicyclic) bond motifs is 1. The van der Waals surface area contributed by atoms with Crippen molar-refractivity contribution in [2.75, 3.05) is 23.7 Å². The van der Waals surface area contributed by atoms with E-state index in [0.717, 1.165) is 25.1 Å². The molecule has 1 aromatic carbocycles. The van der Waals surface area contributed by atoms with Crippen LogP contribution in [0, 0.1) is 17.2 Å². The molecule has 3 N–H and O–H groups in total. The first-order chi connectivity index (χ1) is 9.20. The summed E-state index contributed by atoms with van der Waals surface area (Å²) in [7, 11) is 0. The molecule has 2 unspecified atom stereocenters. The molecule has 5 nitrogen and oxygen atoms in total. The molecule has 2 atom stereocenters. The molecule has 0 aromatic heterocycles. The third-order valence-corrected chi connectivity index (χ3v) is 4.07. The first-order valence-corrected chi connectivity index (χ1v) is 6.54. The van der Waals surface area contributed by atoms with Gasteiger partial charge in [-0.1, -0.05) is 0 Å². The third kappa shape index (κ3) is 1.89. The van der Waals surface area contributed by atoms with Crippen LogP contribution in [-0.2, 0) is 4.79 Å². The smallest absolute Gasteiger partial charge is 0.225 e. The van der Waals surface area contributed by atoms with Gasteiger partial charge in [0.15, 0.2) is 0 Å². The second-order valence-corrected chi connectivity index (χ2v) is 5.14. The highest BCUT2D eigenvalue weighted by Gasteiger charge is 2.41. The van der Waals surface area contributed by atoms with Crippen molar-refractivity contribution in [1.82, 2.24) is 5.32 Å². The Hall–Kier alpha value is -2.22. The number of carbonyl (C=O) groups excluding carboxylic acids is 1. The van der Waals surface area contributed by atoms with Crippen LogP contribution in [0.25, 0.3) is 0 Å². The number of piperidine rings is 1.